The molecular weight excluding hydrogens is 513 g/mol. The molecule has 0 radical (unpaired) electrons. The topological polar surface area (TPSA) is 123 Å². The average Bonchev–Trinajstić information content (AvgIpc) is 3.61. The molecule has 5 heterocycles. The Morgan fingerprint density at radius 1 is 1.07 bits per heavy atom. The van der Waals surface area contributed by atoms with Gasteiger partial charge >= 0.3 is 0 Å². The number of fused-ring (bicyclic) bond motifs is 1. The maximum Gasteiger partial charge on any atom is 0.237 e. The minimum absolute atomic E-state index is 0.0357. The quantitative estimate of drug-likeness (QED) is 0.381. The van der Waals surface area contributed by atoms with Crippen LogP contribution in [0.15, 0.2) is 55.1 Å². The fourth-order valence-electron chi connectivity index (χ4n) is 5.52. The largest absolute Gasteiger partial charge is 0.337 e. The minimum atomic E-state index is -0.475. The van der Waals surface area contributed by atoms with E-state index in [1.165, 1.54) is 0 Å². The van der Waals surface area contributed by atoms with Crippen molar-refractivity contribution >= 4 is 34.4 Å². The number of pyridine rings is 1. The fourth-order valence-corrected chi connectivity index (χ4v) is 5.52. The summed E-state index contributed by atoms with van der Waals surface area (Å²) in [5.41, 5.74) is 3.34. The molecule has 0 saturated carbocycles. The predicted octanol–water partition coefficient (Wildman–Crippen LogP) is 2.55. The number of hydrogen-bond acceptors (Lipinski definition) is 8. The van der Waals surface area contributed by atoms with Crippen LogP contribution in [0.2, 0.25) is 0 Å². The maximum atomic E-state index is 13.2. The van der Waals surface area contributed by atoms with E-state index >= 15 is 0 Å². The molecule has 2 saturated heterocycles. The number of halogens is 1. The SMILES string of the molecule is C[C@@H]1CN(c2ncc(F)cn2)CCN1C(=O)CN1CC[C@@H](C(=O)Nc2ccc3[nH]nc(-c4ccncc4)c3c2)C1. The maximum absolute atomic E-state index is 13.2. The minimum Gasteiger partial charge on any atom is -0.337 e. The molecule has 11 nitrogen and oxygen atoms in total. The van der Waals surface area contributed by atoms with Crippen molar-refractivity contribution < 1.29 is 14.0 Å². The number of amides is 2. The lowest BCUT2D eigenvalue weighted by atomic mass is 10.1. The van der Waals surface area contributed by atoms with Crippen LogP contribution >= 0.6 is 0 Å². The molecule has 2 aliphatic heterocycles. The van der Waals surface area contributed by atoms with E-state index in [2.05, 4.69) is 35.4 Å². The summed E-state index contributed by atoms with van der Waals surface area (Å²) in [4.78, 5) is 44.3. The summed E-state index contributed by atoms with van der Waals surface area (Å²) in [7, 11) is 0. The van der Waals surface area contributed by atoms with Gasteiger partial charge in [-0.1, -0.05) is 0 Å². The number of nitrogens with zero attached hydrogens (tertiary/aromatic N) is 7. The fraction of sp³-hybridized carbons (Fsp3) is 0.357. The first-order chi connectivity index (χ1) is 19.4. The van der Waals surface area contributed by atoms with E-state index < -0.39 is 5.82 Å². The van der Waals surface area contributed by atoms with Crippen molar-refractivity contribution in [2.24, 2.45) is 5.92 Å². The Bertz CT molecular complexity index is 1510. The Balaban J connectivity index is 1.03. The lowest BCUT2D eigenvalue weighted by Crippen LogP contribution is -2.56. The van der Waals surface area contributed by atoms with Gasteiger partial charge in [-0.3, -0.25) is 24.6 Å². The zero-order valence-electron chi connectivity index (χ0n) is 22.1. The first kappa shape index (κ1) is 25.8. The first-order valence-corrected chi connectivity index (χ1v) is 13.4. The summed E-state index contributed by atoms with van der Waals surface area (Å²) in [5.74, 6) is -0.212. The molecule has 2 amide bonds. The molecule has 40 heavy (non-hydrogen) atoms. The third-order valence-corrected chi connectivity index (χ3v) is 7.62. The smallest absolute Gasteiger partial charge is 0.237 e. The number of carbonyl (C=O) groups is 2. The van der Waals surface area contributed by atoms with Gasteiger partial charge in [-0.15, -0.1) is 0 Å². The van der Waals surface area contributed by atoms with Gasteiger partial charge in [0, 0.05) is 61.3 Å². The number of H-pyrrole nitrogens is 1. The van der Waals surface area contributed by atoms with Gasteiger partial charge in [-0.25, -0.2) is 14.4 Å². The van der Waals surface area contributed by atoms with Gasteiger partial charge < -0.3 is 15.1 Å². The second-order valence-electron chi connectivity index (χ2n) is 10.4. The Morgan fingerprint density at radius 2 is 1.88 bits per heavy atom. The molecule has 0 aliphatic carbocycles. The highest BCUT2D eigenvalue weighted by atomic mass is 19.1. The molecule has 6 rings (SSSR count). The normalized spacial score (nSPS) is 19.8. The summed E-state index contributed by atoms with van der Waals surface area (Å²) >= 11 is 0. The third kappa shape index (κ3) is 5.34. The third-order valence-electron chi connectivity index (χ3n) is 7.62. The van der Waals surface area contributed by atoms with Crippen LogP contribution in [0.1, 0.15) is 13.3 Å². The Labute approximate surface area is 230 Å². The number of aromatic nitrogens is 5. The Hall–Kier alpha value is -4.45. The first-order valence-electron chi connectivity index (χ1n) is 13.4. The molecule has 2 N–H and O–H groups in total. The van der Waals surface area contributed by atoms with E-state index in [0.29, 0.717) is 50.8 Å². The van der Waals surface area contributed by atoms with Crippen LogP contribution in [0.3, 0.4) is 0 Å². The van der Waals surface area contributed by atoms with Gasteiger partial charge in [-0.2, -0.15) is 5.10 Å². The van der Waals surface area contributed by atoms with Gasteiger partial charge in [-0.05, 0) is 50.2 Å². The van der Waals surface area contributed by atoms with Crippen molar-refractivity contribution in [2.75, 3.05) is 49.5 Å². The molecule has 4 aromatic rings. The molecular formula is C28H30FN9O2. The van der Waals surface area contributed by atoms with Crippen LogP contribution in [0.5, 0.6) is 0 Å². The van der Waals surface area contributed by atoms with E-state index in [9.17, 15) is 14.0 Å². The van der Waals surface area contributed by atoms with Gasteiger partial charge in [0.05, 0.1) is 30.4 Å². The molecule has 12 heteroatoms. The van der Waals surface area contributed by atoms with Crippen LogP contribution in [0.4, 0.5) is 16.0 Å². The van der Waals surface area contributed by atoms with Gasteiger partial charge in [0.25, 0.3) is 0 Å². The number of rotatable bonds is 6. The van der Waals surface area contributed by atoms with Crippen molar-refractivity contribution in [2.45, 2.75) is 19.4 Å². The van der Waals surface area contributed by atoms with Gasteiger partial charge in [0.2, 0.25) is 17.8 Å². The highest BCUT2D eigenvalue weighted by Gasteiger charge is 2.33. The van der Waals surface area contributed by atoms with Crippen LogP contribution in [0, 0.1) is 11.7 Å². The summed E-state index contributed by atoms with van der Waals surface area (Å²) < 4.78 is 13.2. The molecule has 2 atom stereocenters. The molecule has 2 aliphatic rings. The number of likely N-dealkylation sites (tertiary alicyclic amines) is 1. The van der Waals surface area contributed by atoms with E-state index in [1.54, 1.807) is 12.4 Å². The molecule has 206 valence electrons. The number of hydrogen-bond donors (Lipinski definition) is 2. The summed E-state index contributed by atoms with van der Waals surface area (Å²) in [6.45, 7) is 5.18. The van der Waals surface area contributed by atoms with Crippen molar-refractivity contribution in [3.05, 3.63) is 60.9 Å². The summed E-state index contributed by atoms with van der Waals surface area (Å²) in [6, 6.07) is 9.47. The zero-order valence-corrected chi connectivity index (χ0v) is 22.1. The van der Waals surface area contributed by atoms with Crippen LogP contribution < -0.4 is 10.2 Å². The second-order valence-corrected chi connectivity index (χ2v) is 10.4. The second kappa shape index (κ2) is 11.0. The molecule has 3 aromatic heterocycles. The van der Waals surface area contributed by atoms with Crippen LogP contribution in [0.25, 0.3) is 22.2 Å². The highest BCUT2D eigenvalue weighted by molar-refractivity contribution is 5.99. The van der Waals surface area contributed by atoms with Crippen molar-refractivity contribution in [3.63, 3.8) is 0 Å². The Morgan fingerprint density at radius 3 is 2.65 bits per heavy atom. The Kier molecular flexibility index (Phi) is 7.08. The predicted molar refractivity (Wildman–Crippen MR) is 148 cm³/mol. The molecule has 2 fully saturated rings. The average molecular weight is 544 g/mol. The zero-order chi connectivity index (χ0) is 27.6. The molecule has 0 spiro atoms. The van der Waals surface area contributed by atoms with E-state index in [0.717, 1.165) is 34.6 Å². The van der Waals surface area contributed by atoms with Gasteiger partial charge in [0.15, 0.2) is 5.82 Å². The monoisotopic (exact) mass is 543 g/mol. The number of anilines is 2. The van der Waals surface area contributed by atoms with Gasteiger partial charge in [0.1, 0.15) is 5.69 Å². The lowest BCUT2D eigenvalue weighted by molar-refractivity contribution is -0.134. The highest BCUT2D eigenvalue weighted by Crippen LogP contribution is 2.29. The number of carbonyl (C=O) groups excluding carboxylic acids is 2. The van der Waals surface area contributed by atoms with E-state index in [1.807, 2.05) is 47.1 Å². The molecule has 0 unspecified atom stereocenters. The van der Waals surface area contributed by atoms with Crippen molar-refractivity contribution in [1.29, 1.82) is 0 Å². The number of aromatic amines is 1. The standard InChI is InChI=1S/C28H30FN9O2/c1-18-15-37(28-31-13-21(29)14-32-28)10-11-38(18)25(39)17-36-9-6-20(16-36)27(40)33-22-2-3-24-23(12-22)26(35-34-24)19-4-7-30-8-5-19/h2-5,7-8,12-14,18,20H,6,9-11,15-17H2,1H3,(H,33,40)(H,34,35)/t18-,20-/m1/s1. The van der Waals surface area contributed by atoms with Crippen molar-refractivity contribution in [1.82, 2.24) is 34.9 Å². The molecule has 0 bridgehead atoms. The number of benzene rings is 1. The van der Waals surface area contributed by atoms with Crippen LogP contribution in [-0.4, -0.2) is 92.1 Å². The summed E-state index contributed by atoms with van der Waals surface area (Å²) in [6.07, 6.45) is 6.45. The lowest BCUT2D eigenvalue weighted by Gasteiger charge is -2.40. The number of nitrogens with one attached hydrogen (secondary N) is 2. The number of piperazine rings is 1. The van der Waals surface area contributed by atoms with E-state index in [-0.39, 0.29) is 30.3 Å². The van der Waals surface area contributed by atoms with Crippen molar-refractivity contribution in [3.8, 4) is 11.3 Å². The molecule has 1 aromatic carbocycles. The summed E-state index contributed by atoms with van der Waals surface area (Å²) in [5, 5.41) is 11.5. The van der Waals surface area contributed by atoms with Crippen LogP contribution in [-0.2, 0) is 9.59 Å². The van der Waals surface area contributed by atoms with E-state index in [4.69, 9.17) is 0 Å².